The second-order valence-electron chi connectivity index (χ2n) is 3.53. The van der Waals surface area contributed by atoms with Crippen molar-refractivity contribution in [1.29, 1.82) is 5.26 Å². The molecule has 0 bridgehead atoms. The third-order valence-electron chi connectivity index (χ3n) is 2.28. The average molecular weight is 258 g/mol. The standard InChI is InChI=1S/C12H10N4OS/c13-5-9-1-2-11(15-6-9)12(17)14-4-3-10-7-18-8-16-10/h1-2,6-8H,3-4H2,(H,14,17). The highest BCUT2D eigenvalue weighted by atomic mass is 32.1. The maximum absolute atomic E-state index is 11.7. The molecule has 0 aliphatic carbocycles. The van der Waals surface area contributed by atoms with E-state index in [4.69, 9.17) is 5.26 Å². The summed E-state index contributed by atoms with van der Waals surface area (Å²) in [6.45, 7) is 0.518. The van der Waals surface area contributed by atoms with E-state index in [-0.39, 0.29) is 5.91 Å². The second-order valence-corrected chi connectivity index (χ2v) is 4.25. The summed E-state index contributed by atoms with van der Waals surface area (Å²) < 4.78 is 0. The van der Waals surface area contributed by atoms with Crippen LogP contribution < -0.4 is 5.32 Å². The van der Waals surface area contributed by atoms with Crippen molar-refractivity contribution in [2.24, 2.45) is 0 Å². The highest BCUT2D eigenvalue weighted by Gasteiger charge is 2.06. The number of carbonyl (C=O) groups excluding carboxylic acids is 1. The molecule has 0 saturated heterocycles. The minimum absolute atomic E-state index is 0.241. The maximum atomic E-state index is 11.7. The summed E-state index contributed by atoms with van der Waals surface area (Å²) in [6.07, 6.45) is 2.08. The van der Waals surface area contributed by atoms with Gasteiger partial charge in [-0.25, -0.2) is 9.97 Å². The van der Waals surface area contributed by atoms with Gasteiger partial charge in [-0.3, -0.25) is 4.79 Å². The van der Waals surface area contributed by atoms with Crippen molar-refractivity contribution in [1.82, 2.24) is 15.3 Å². The van der Waals surface area contributed by atoms with Gasteiger partial charge in [0.2, 0.25) is 0 Å². The normalized spacial score (nSPS) is 9.72. The molecule has 0 spiro atoms. The molecule has 18 heavy (non-hydrogen) atoms. The molecule has 6 heteroatoms. The number of amides is 1. The molecule has 2 heterocycles. The largest absolute Gasteiger partial charge is 0.350 e. The van der Waals surface area contributed by atoms with E-state index in [1.54, 1.807) is 11.6 Å². The summed E-state index contributed by atoms with van der Waals surface area (Å²) in [5.41, 5.74) is 3.48. The Kier molecular flexibility index (Phi) is 3.99. The number of carbonyl (C=O) groups is 1. The fourth-order valence-electron chi connectivity index (χ4n) is 1.35. The third-order valence-corrected chi connectivity index (χ3v) is 2.91. The van der Waals surface area contributed by atoms with E-state index >= 15 is 0 Å². The Morgan fingerprint density at radius 3 is 2.94 bits per heavy atom. The summed E-state index contributed by atoms with van der Waals surface area (Å²) in [5, 5.41) is 13.3. The molecule has 2 rings (SSSR count). The molecular weight excluding hydrogens is 248 g/mol. The van der Waals surface area contributed by atoms with Crippen LogP contribution in [0.1, 0.15) is 21.7 Å². The maximum Gasteiger partial charge on any atom is 0.269 e. The molecule has 0 saturated carbocycles. The first-order valence-electron chi connectivity index (χ1n) is 5.31. The number of nitrogens with zero attached hydrogens (tertiary/aromatic N) is 3. The highest BCUT2D eigenvalue weighted by Crippen LogP contribution is 2.01. The van der Waals surface area contributed by atoms with Gasteiger partial charge >= 0.3 is 0 Å². The third kappa shape index (κ3) is 3.12. The summed E-state index contributed by atoms with van der Waals surface area (Å²) in [7, 11) is 0. The van der Waals surface area contributed by atoms with Crippen molar-refractivity contribution in [3.8, 4) is 6.07 Å². The minimum Gasteiger partial charge on any atom is -0.350 e. The quantitative estimate of drug-likeness (QED) is 0.898. The Labute approximate surface area is 108 Å². The van der Waals surface area contributed by atoms with Gasteiger partial charge < -0.3 is 5.32 Å². The van der Waals surface area contributed by atoms with Crippen LogP contribution in [-0.4, -0.2) is 22.4 Å². The van der Waals surface area contributed by atoms with Crippen LogP contribution >= 0.6 is 11.3 Å². The fraction of sp³-hybridized carbons (Fsp3) is 0.167. The van der Waals surface area contributed by atoms with Crippen LogP contribution in [0.2, 0.25) is 0 Å². The predicted octanol–water partition coefficient (Wildman–Crippen LogP) is 1.38. The van der Waals surface area contributed by atoms with Crippen molar-refractivity contribution in [2.45, 2.75) is 6.42 Å². The first-order chi connectivity index (χ1) is 8.79. The van der Waals surface area contributed by atoms with Gasteiger partial charge in [-0.05, 0) is 12.1 Å². The zero-order valence-corrected chi connectivity index (χ0v) is 10.3. The Balaban J connectivity index is 1.86. The van der Waals surface area contributed by atoms with Crippen LogP contribution in [0.15, 0.2) is 29.2 Å². The number of hydrogen-bond donors (Lipinski definition) is 1. The van der Waals surface area contributed by atoms with E-state index in [0.29, 0.717) is 24.2 Å². The van der Waals surface area contributed by atoms with Gasteiger partial charge in [-0.2, -0.15) is 5.26 Å². The van der Waals surface area contributed by atoms with Crippen molar-refractivity contribution < 1.29 is 4.79 Å². The molecule has 0 aliphatic heterocycles. The van der Waals surface area contributed by atoms with Gasteiger partial charge in [0.15, 0.2) is 0 Å². The Bertz CT molecular complexity index is 557. The molecule has 5 nitrogen and oxygen atoms in total. The number of aromatic nitrogens is 2. The molecule has 2 aromatic heterocycles. The molecule has 0 radical (unpaired) electrons. The Morgan fingerprint density at radius 1 is 1.44 bits per heavy atom. The lowest BCUT2D eigenvalue weighted by molar-refractivity contribution is 0.0949. The molecule has 90 valence electrons. The van der Waals surface area contributed by atoms with Crippen molar-refractivity contribution in [3.05, 3.63) is 46.2 Å². The Hall–Kier alpha value is -2.26. The summed E-state index contributed by atoms with van der Waals surface area (Å²) >= 11 is 1.53. The van der Waals surface area contributed by atoms with E-state index in [2.05, 4.69) is 15.3 Å². The van der Waals surface area contributed by atoms with Crippen molar-refractivity contribution in [2.75, 3.05) is 6.54 Å². The molecular formula is C12H10N4OS. The number of hydrogen-bond acceptors (Lipinski definition) is 5. The molecule has 1 amide bonds. The first-order valence-corrected chi connectivity index (χ1v) is 6.25. The number of rotatable bonds is 4. The lowest BCUT2D eigenvalue weighted by Crippen LogP contribution is -2.26. The lowest BCUT2D eigenvalue weighted by Gasteiger charge is -2.03. The van der Waals surface area contributed by atoms with Crippen LogP contribution in [0.25, 0.3) is 0 Å². The van der Waals surface area contributed by atoms with Crippen LogP contribution in [0.5, 0.6) is 0 Å². The van der Waals surface area contributed by atoms with Gasteiger partial charge in [-0.15, -0.1) is 11.3 Å². The predicted molar refractivity (Wildman–Crippen MR) is 67.1 cm³/mol. The monoisotopic (exact) mass is 258 g/mol. The zero-order chi connectivity index (χ0) is 12.8. The second kappa shape index (κ2) is 5.89. The van der Waals surface area contributed by atoms with Gasteiger partial charge in [0.25, 0.3) is 5.91 Å². The lowest BCUT2D eigenvalue weighted by atomic mass is 10.2. The topological polar surface area (TPSA) is 78.7 Å². The van der Waals surface area contributed by atoms with E-state index in [9.17, 15) is 4.79 Å². The molecule has 2 aromatic rings. The molecule has 0 unspecified atom stereocenters. The smallest absolute Gasteiger partial charge is 0.269 e. The number of nitrogens with one attached hydrogen (secondary N) is 1. The Morgan fingerprint density at radius 2 is 2.33 bits per heavy atom. The van der Waals surface area contributed by atoms with Crippen LogP contribution in [-0.2, 0) is 6.42 Å². The van der Waals surface area contributed by atoms with Gasteiger partial charge in [0.1, 0.15) is 11.8 Å². The molecule has 1 N–H and O–H groups in total. The number of thiazole rings is 1. The van der Waals surface area contributed by atoms with E-state index in [0.717, 1.165) is 5.69 Å². The van der Waals surface area contributed by atoms with Crippen LogP contribution in [0.3, 0.4) is 0 Å². The zero-order valence-electron chi connectivity index (χ0n) is 9.46. The summed E-state index contributed by atoms with van der Waals surface area (Å²) in [5.74, 6) is -0.241. The van der Waals surface area contributed by atoms with Crippen LogP contribution in [0, 0.1) is 11.3 Å². The molecule has 0 atom stereocenters. The summed E-state index contributed by atoms with van der Waals surface area (Å²) in [6, 6.07) is 5.06. The molecule has 0 aliphatic rings. The van der Waals surface area contributed by atoms with Crippen molar-refractivity contribution >= 4 is 17.2 Å². The molecule has 0 aromatic carbocycles. The van der Waals surface area contributed by atoms with E-state index in [1.165, 1.54) is 23.6 Å². The SMILES string of the molecule is N#Cc1ccc(C(=O)NCCc2cscn2)nc1. The fourth-order valence-corrected chi connectivity index (χ4v) is 1.94. The average Bonchev–Trinajstić information content (AvgIpc) is 2.92. The van der Waals surface area contributed by atoms with E-state index in [1.807, 2.05) is 11.4 Å². The number of nitriles is 1. The summed E-state index contributed by atoms with van der Waals surface area (Å²) in [4.78, 5) is 19.7. The highest BCUT2D eigenvalue weighted by molar-refractivity contribution is 7.07. The first kappa shape index (κ1) is 12.2. The van der Waals surface area contributed by atoms with Crippen LogP contribution in [0.4, 0.5) is 0 Å². The number of pyridine rings is 1. The minimum atomic E-state index is -0.241. The van der Waals surface area contributed by atoms with E-state index < -0.39 is 0 Å². The van der Waals surface area contributed by atoms with Crippen molar-refractivity contribution in [3.63, 3.8) is 0 Å². The molecule has 0 fully saturated rings. The van der Waals surface area contributed by atoms with Gasteiger partial charge in [-0.1, -0.05) is 0 Å². The van der Waals surface area contributed by atoms with Gasteiger partial charge in [0, 0.05) is 24.5 Å². The van der Waals surface area contributed by atoms with Gasteiger partial charge in [0.05, 0.1) is 16.8 Å².